The average Bonchev–Trinajstić information content (AvgIpc) is 2.76. The van der Waals surface area contributed by atoms with Crippen molar-refractivity contribution < 1.29 is 14.6 Å². The van der Waals surface area contributed by atoms with Crippen LogP contribution in [0.25, 0.3) is 10.8 Å². The van der Waals surface area contributed by atoms with Crippen molar-refractivity contribution in [1.82, 2.24) is 5.43 Å². The monoisotopic (exact) mass is 388 g/mol. The molecule has 0 atom stereocenters. The number of amides is 1. The van der Waals surface area contributed by atoms with Gasteiger partial charge < -0.3 is 9.80 Å². The molecule has 1 aliphatic rings. The van der Waals surface area contributed by atoms with E-state index < -0.39 is 0 Å². The Morgan fingerprint density at radius 2 is 1.55 bits per heavy atom. The molecule has 1 heterocycles. The van der Waals surface area contributed by atoms with Gasteiger partial charge in [-0.3, -0.25) is 4.79 Å². The van der Waals surface area contributed by atoms with Gasteiger partial charge in [0.2, 0.25) is 0 Å². The first-order valence-electron chi connectivity index (χ1n) is 10.3. The van der Waals surface area contributed by atoms with Crippen LogP contribution in [0.3, 0.4) is 0 Å². The number of hydrogen-bond acceptors (Lipinski definition) is 2. The summed E-state index contributed by atoms with van der Waals surface area (Å²) in [6.07, 6.45) is 1.73. The Kier molecular flexibility index (Phi) is 6.29. The lowest BCUT2D eigenvalue weighted by Crippen LogP contribution is -3.28. The van der Waals surface area contributed by atoms with Gasteiger partial charge in [-0.25, -0.2) is 5.43 Å². The minimum Gasteiger partial charge on any atom is -0.322 e. The highest BCUT2D eigenvalue weighted by Gasteiger charge is 2.24. The number of piperazine rings is 1. The minimum atomic E-state index is -0.0250. The normalized spacial score (nSPS) is 19.4. The van der Waals surface area contributed by atoms with Gasteiger partial charge in [0.05, 0.1) is 6.21 Å². The molecule has 3 N–H and O–H groups in total. The number of hydrazone groups is 1. The van der Waals surface area contributed by atoms with E-state index in [0.29, 0.717) is 6.54 Å². The third-order valence-corrected chi connectivity index (χ3v) is 5.59. The smallest absolute Gasteiger partial charge is 0.295 e. The number of carbonyl (C=O) groups excluding carboxylic acids is 1. The van der Waals surface area contributed by atoms with Crippen molar-refractivity contribution in [3.05, 3.63) is 83.9 Å². The molecule has 1 saturated heterocycles. The van der Waals surface area contributed by atoms with Crippen LogP contribution in [0.1, 0.15) is 11.1 Å². The lowest BCUT2D eigenvalue weighted by Gasteiger charge is -2.29. The highest BCUT2D eigenvalue weighted by atomic mass is 16.2. The predicted molar refractivity (Wildman–Crippen MR) is 116 cm³/mol. The Labute approximate surface area is 171 Å². The molecule has 0 aliphatic carbocycles. The SMILES string of the molecule is O=C(C[NH+]1CC[NH+](Cc2ccccc2)CC1)N/N=C\c1cccc2ccccc12. The number of benzene rings is 3. The molecule has 3 aromatic rings. The topological polar surface area (TPSA) is 50.3 Å². The number of hydrogen-bond donors (Lipinski definition) is 3. The molecule has 0 saturated carbocycles. The molecule has 0 aromatic heterocycles. The van der Waals surface area contributed by atoms with Crippen LogP contribution in [0.15, 0.2) is 77.9 Å². The molecule has 1 amide bonds. The molecule has 5 heteroatoms. The summed E-state index contributed by atoms with van der Waals surface area (Å²) < 4.78 is 0. The van der Waals surface area contributed by atoms with Gasteiger partial charge in [-0.2, -0.15) is 5.10 Å². The van der Waals surface area contributed by atoms with Crippen molar-refractivity contribution >= 4 is 22.9 Å². The molecule has 5 nitrogen and oxygen atoms in total. The van der Waals surface area contributed by atoms with E-state index >= 15 is 0 Å². The molecular formula is C24H28N4O+2. The molecule has 148 valence electrons. The molecule has 0 spiro atoms. The zero-order valence-electron chi connectivity index (χ0n) is 16.6. The molecule has 0 unspecified atom stereocenters. The highest BCUT2D eigenvalue weighted by molar-refractivity contribution is 5.99. The van der Waals surface area contributed by atoms with E-state index in [1.54, 1.807) is 11.1 Å². The van der Waals surface area contributed by atoms with Crippen molar-refractivity contribution in [2.75, 3.05) is 32.7 Å². The van der Waals surface area contributed by atoms with Gasteiger partial charge in [-0.15, -0.1) is 0 Å². The van der Waals surface area contributed by atoms with Gasteiger partial charge in [0.25, 0.3) is 5.91 Å². The second-order valence-corrected chi connectivity index (χ2v) is 7.70. The van der Waals surface area contributed by atoms with E-state index in [4.69, 9.17) is 0 Å². The molecular weight excluding hydrogens is 360 g/mol. The molecule has 1 aliphatic heterocycles. The largest absolute Gasteiger partial charge is 0.322 e. The third-order valence-electron chi connectivity index (χ3n) is 5.59. The van der Waals surface area contributed by atoms with E-state index in [1.807, 2.05) is 24.3 Å². The van der Waals surface area contributed by atoms with Crippen molar-refractivity contribution in [2.45, 2.75) is 6.54 Å². The summed E-state index contributed by atoms with van der Waals surface area (Å²) in [6.45, 7) is 5.76. The lowest BCUT2D eigenvalue weighted by atomic mass is 10.1. The zero-order chi connectivity index (χ0) is 19.9. The van der Waals surface area contributed by atoms with Gasteiger partial charge in [-0.1, -0.05) is 72.8 Å². The molecule has 0 radical (unpaired) electrons. The lowest BCUT2D eigenvalue weighted by molar-refractivity contribution is -1.02. The van der Waals surface area contributed by atoms with Gasteiger partial charge in [-0.05, 0) is 10.8 Å². The third kappa shape index (κ3) is 5.28. The Hall–Kier alpha value is -3.02. The summed E-state index contributed by atoms with van der Waals surface area (Å²) in [4.78, 5) is 15.2. The summed E-state index contributed by atoms with van der Waals surface area (Å²) in [7, 11) is 0. The second kappa shape index (κ2) is 9.45. The zero-order valence-corrected chi connectivity index (χ0v) is 16.6. The van der Waals surface area contributed by atoms with E-state index in [1.165, 1.54) is 15.8 Å². The maximum absolute atomic E-state index is 12.3. The van der Waals surface area contributed by atoms with Crippen LogP contribution >= 0.6 is 0 Å². The fourth-order valence-electron chi connectivity index (χ4n) is 4.00. The first kappa shape index (κ1) is 19.3. The second-order valence-electron chi connectivity index (χ2n) is 7.70. The fourth-order valence-corrected chi connectivity index (χ4v) is 4.00. The highest BCUT2D eigenvalue weighted by Crippen LogP contribution is 2.16. The van der Waals surface area contributed by atoms with Crippen molar-refractivity contribution in [1.29, 1.82) is 0 Å². The van der Waals surface area contributed by atoms with E-state index in [0.717, 1.165) is 43.7 Å². The molecule has 29 heavy (non-hydrogen) atoms. The summed E-state index contributed by atoms with van der Waals surface area (Å²) in [5, 5.41) is 6.49. The van der Waals surface area contributed by atoms with Gasteiger partial charge in [0, 0.05) is 11.1 Å². The quantitative estimate of drug-likeness (QED) is 0.412. The van der Waals surface area contributed by atoms with Crippen LogP contribution in [0.5, 0.6) is 0 Å². The molecule has 1 fully saturated rings. The van der Waals surface area contributed by atoms with Crippen molar-refractivity contribution in [3.8, 4) is 0 Å². The number of nitrogens with one attached hydrogen (secondary N) is 3. The number of fused-ring (bicyclic) bond motifs is 1. The Balaban J connectivity index is 1.24. The summed E-state index contributed by atoms with van der Waals surface area (Å²) in [5.41, 5.74) is 5.09. The van der Waals surface area contributed by atoms with Crippen LogP contribution in [0, 0.1) is 0 Å². The maximum Gasteiger partial charge on any atom is 0.295 e. The summed E-state index contributed by atoms with van der Waals surface area (Å²) in [6, 6.07) is 24.9. The minimum absolute atomic E-state index is 0.0250. The van der Waals surface area contributed by atoms with Crippen LogP contribution in [-0.4, -0.2) is 44.8 Å². The number of rotatable bonds is 6. The molecule has 0 bridgehead atoms. The summed E-state index contributed by atoms with van der Waals surface area (Å²) >= 11 is 0. The molecule has 3 aromatic carbocycles. The number of nitrogens with zero attached hydrogens (tertiary/aromatic N) is 1. The fraction of sp³-hybridized carbons (Fsp3) is 0.250. The van der Waals surface area contributed by atoms with Crippen molar-refractivity contribution in [2.24, 2.45) is 5.10 Å². The van der Waals surface area contributed by atoms with Gasteiger partial charge in [0.1, 0.15) is 32.7 Å². The standard InChI is InChI=1S/C24H26N4O/c29-24(26-25-17-22-11-6-10-21-9-4-5-12-23(21)22)19-28-15-13-27(14-16-28)18-20-7-2-1-3-8-20/h1-12,17H,13-16,18-19H2,(H,26,29)/p+2/b25-17-. The van der Waals surface area contributed by atoms with E-state index in [-0.39, 0.29) is 5.91 Å². The Bertz CT molecular complexity index is 973. The van der Waals surface area contributed by atoms with Crippen LogP contribution in [0.4, 0.5) is 0 Å². The maximum atomic E-state index is 12.3. The summed E-state index contributed by atoms with van der Waals surface area (Å²) in [5.74, 6) is -0.0250. The number of carbonyl (C=O) groups is 1. The average molecular weight is 389 g/mol. The van der Waals surface area contributed by atoms with Crippen LogP contribution in [0.2, 0.25) is 0 Å². The van der Waals surface area contributed by atoms with E-state index in [9.17, 15) is 4.79 Å². The van der Waals surface area contributed by atoms with Gasteiger partial charge in [0.15, 0.2) is 6.54 Å². The predicted octanol–water partition coefficient (Wildman–Crippen LogP) is 0.274. The Morgan fingerprint density at radius 1 is 0.862 bits per heavy atom. The van der Waals surface area contributed by atoms with Crippen LogP contribution in [-0.2, 0) is 11.3 Å². The molecule has 4 rings (SSSR count). The first-order valence-corrected chi connectivity index (χ1v) is 10.3. The van der Waals surface area contributed by atoms with Gasteiger partial charge >= 0.3 is 0 Å². The van der Waals surface area contributed by atoms with E-state index in [2.05, 4.69) is 59.1 Å². The van der Waals surface area contributed by atoms with Crippen LogP contribution < -0.4 is 15.2 Å². The first-order chi connectivity index (χ1) is 14.3. The number of quaternary nitrogens is 2. The van der Waals surface area contributed by atoms with Crippen molar-refractivity contribution in [3.63, 3.8) is 0 Å². The Morgan fingerprint density at radius 3 is 2.38 bits per heavy atom.